The van der Waals surface area contributed by atoms with Crippen molar-refractivity contribution in [2.24, 2.45) is 10.2 Å². The zero-order valence-electron chi connectivity index (χ0n) is 14.8. The van der Waals surface area contributed by atoms with E-state index in [2.05, 4.69) is 20.8 Å². The van der Waals surface area contributed by atoms with Crippen LogP contribution in [0, 0.1) is 0 Å². The fraction of sp³-hybridized carbons (Fsp3) is 0.158. The Morgan fingerprint density at radius 2 is 1.71 bits per heavy atom. The average Bonchev–Trinajstić information content (AvgIpc) is 2.68. The molecule has 2 aromatic carbocycles. The number of anilines is 1. The highest BCUT2D eigenvalue weighted by molar-refractivity contribution is 8.15. The Labute approximate surface area is 176 Å². The van der Waals surface area contributed by atoms with Gasteiger partial charge in [-0.2, -0.15) is 5.10 Å². The summed E-state index contributed by atoms with van der Waals surface area (Å²) in [6, 6.07) is 13.9. The van der Waals surface area contributed by atoms with Crippen LogP contribution in [0.5, 0.6) is 0 Å². The molecular formula is C19H16Cl2N4O2S. The number of nitrogens with one attached hydrogen (secondary N) is 2. The van der Waals surface area contributed by atoms with Crippen LogP contribution in [0.4, 0.5) is 5.69 Å². The molecule has 3 rings (SSSR count). The summed E-state index contributed by atoms with van der Waals surface area (Å²) in [4.78, 5) is 24.5. The summed E-state index contributed by atoms with van der Waals surface area (Å²) in [7, 11) is 0. The van der Waals surface area contributed by atoms with Crippen LogP contribution < -0.4 is 10.6 Å². The Morgan fingerprint density at radius 3 is 2.36 bits per heavy atom. The average molecular weight is 435 g/mol. The van der Waals surface area contributed by atoms with E-state index in [1.807, 2.05) is 12.1 Å². The van der Waals surface area contributed by atoms with Crippen LogP contribution in [0.2, 0.25) is 10.0 Å². The molecule has 1 atom stereocenters. The van der Waals surface area contributed by atoms with Crippen molar-refractivity contribution in [1.82, 2.24) is 5.32 Å². The molecule has 0 aliphatic carbocycles. The largest absolute Gasteiger partial charge is 0.325 e. The maximum atomic E-state index is 12.5. The summed E-state index contributed by atoms with van der Waals surface area (Å²) in [6.07, 6.45) is 0.0585. The maximum Gasteiger partial charge on any atom is 0.238 e. The molecule has 0 radical (unpaired) electrons. The standard InChI is InChI=1S/C19H16Cl2N4O2S/c1-11(12-2-4-13(20)5-3-12)24-25-19-23-17(26)10-16(28-19)18(27)22-15-8-6-14(21)7-9-15/h2-9,16H,10H2,1H3,(H,22,27)(H,23,25,26)/b24-11-/t16-/m0/s1. The molecule has 2 N–H and O–H groups in total. The number of nitrogens with zero attached hydrogens (tertiary/aromatic N) is 2. The number of hydrogen-bond acceptors (Lipinski definition) is 5. The topological polar surface area (TPSA) is 82.9 Å². The Morgan fingerprint density at radius 1 is 1.11 bits per heavy atom. The second kappa shape index (κ2) is 9.23. The van der Waals surface area contributed by atoms with Gasteiger partial charge in [0.1, 0.15) is 5.25 Å². The smallest absolute Gasteiger partial charge is 0.238 e. The highest BCUT2D eigenvalue weighted by Crippen LogP contribution is 2.23. The second-order valence-electron chi connectivity index (χ2n) is 5.95. The van der Waals surface area contributed by atoms with Crippen molar-refractivity contribution in [1.29, 1.82) is 0 Å². The van der Waals surface area contributed by atoms with E-state index >= 15 is 0 Å². The SMILES string of the molecule is C/C(=N/N=C1/NC(=O)C[C@@H](C(=O)Nc2ccc(Cl)cc2)S1)c1ccc(Cl)cc1. The van der Waals surface area contributed by atoms with Crippen LogP contribution >= 0.6 is 35.0 Å². The maximum absolute atomic E-state index is 12.5. The number of carbonyl (C=O) groups is 2. The predicted molar refractivity (Wildman–Crippen MR) is 115 cm³/mol. The van der Waals surface area contributed by atoms with Gasteiger partial charge in [-0.1, -0.05) is 47.1 Å². The van der Waals surface area contributed by atoms with Gasteiger partial charge in [-0.3, -0.25) is 9.59 Å². The Kier molecular flexibility index (Phi) is 6.72. The van der Waals surface area contributed by atoms with Crippen LogP contribution in [0.1, 0.15) is 18.9 Å². The molecule has 1 aliphatic heterocycles. The second-order valence-corrected chi connectivity index (χ2v) is 8.02. The van der Waals surface area contributed by atoms with Gasteiger partial charge in [-0.25, -0.2) is 0 Å². The van der Waals surface area contributed by atoms with Gasteiger partial charge in [0.15, 0.2) is 5.17 Å². The van der Waals surface area contributed by atoms with E-state index in [1.54, 1.807) is 43.3 Å². The molecule has 0 saturated carbocycles. The predicted octanol–water partition coefficient (Wildman–Crippen LogP) is 4.33. The van der Waals surface area contributed by atoms with E-state index < -0.39 is 5.25 Å². The number of thioether (sulfide) groups is 1. The molecule has 1 saturated heterocycles. The molecule has 144 valence electrons. The first-order chi connectivity index (χ1) is 13.4. The van der Waals surface area contributed by atoms with Crippen molar-refractivity contribution in [3.8, 4) is 0 Å². The number of rotatable bonds is 4. The van der Waals surface area contributed by atoms with Gasteiger partial charge in [0.05, 0.1) is 5.71 Å². The quantitative estimate of drug-likeness (QED) is 0.554. The van der Waals surface area contributed by atoms with Crippen LogP contribution in [-0.2, 0) is 9.59 Å². The third-order valence-corrected chi connectivity index (χ3v) is 5.40. The molecular weight excluding hydrogens is 419 g/mol. The molecule has 9 heteroatoms. The van der Waals surface area contributed by atoms with Gasteiger partial charge in [0.25, 0.3) is 0 Å². The number of benzene rings is 2. The zero-order valence-corrected chi connectivity index (χ0v) is 17.1. The van der Waals surface area contributed by atoms with Crippen molar-refractivity contribution >= 4 is 63.3 Å². The van der Waals surface area contributed by atoms with Crippen molar-refractivity contribution in [3.05, 3.63) is 64.1 Å². The minimum absolute atomic E-state index is 0.0585. The molecule has 0 bridgehead atoms. The summed E-state index contributed by atoms with van der Waals surface area (Å²) in [6.45, 7) is 1.80. The van der Waals surface area contributed by atoms with Gasteiger partial charge >= 0.3 is 0 Å². The van der Waals surface area contributed by atoms with Crippen molar-refractivity contribution in [2.45, 2.75) is 18.6 Å². The van der Waals surface area contributed by atoms with Crippen LogP contribution in [0.3, 0.4) is 0 Å². The van der Waals surface area contributed by atoms with Gasteiger partial charge in [0.2, 0.25) is 11.8 Å². The lowest BCUT2D eigenvalue weighted by Crippen LogP contribution is -2.41. The third kappa shape index (κ3) is 5.58. The van der Waals surface area contributed by atoms with E-state index in [-0.39, 0.29) is 23.4 Å². The van der Waals surface area contributed by atoms with Crippen LogP contribution in [0.25, 0.3) is 0 Å². The van der Waals surface area contributed by atoms with E-state index in [1.165, 1.54) is 0 Å². The molecule has 1 aliphatic rings. The number of carbonyl (C=O) groups excluding carboxylic acids is 2. The molecule has 1 heterocycles. The van der Waals surface area contributed by atoms with Gasteiger partial charge < -0.3 is 10.6 Å². The number of amides is 2. The fourth-order valence-electron chi connectivity index (χ4n) is 2.36. The van der Waals surface area contributed by atoms with Crippen molar-refractivity contribution in [2.75, 3.05) is 5.32 Å². The monoisotopic (exact) mass is 434 g/mol. The molecule has 2 amide bonds. The molecule has 1 fully saturated rings. The highest BCUT2D eigenvalue weighted by Gasteiger charge is 2.30. The summed E-state index contributed by atoms with van der Waals surface area (Å²) in [5.74, 6) is -0.568. The van der Waals surface area contributed by atoms with Crippen LogP contribution in [-0.4, -0.2) is 27.9 Å². The van der Waals surface area contributed by atoms with E-state index in [9.17, 15) is 9.59 Å². The van der Waals surface area contributed by atoms with E-state index in [0.717, 1.165) is 17.3 Å². The summed E-state index contributed by atoms with van der Waals surface area (Å²) >= 11 is 12.9. The van der Waals surface area contributed by atoms with Crippen molar-refractivity contribution < 1.29 is 9.59 Å². The Balaban J connectivity index is 1.69. The van der Waals surface area contributed by atoms with Crippen LogP contribution in [0.15, 0.2) is 58.7 Å². The first-order valence-corrected chi connectivity index (χ1v) is 9.95. The molecule has 2 aromatic rings. The molecule has 0 unspecified atom stereocenters. The number of halogens is 2. The summed E-state index contributed by atoms with van der Waals surface area (Å²) < 4.78 is 0. The molecule has 0 spiro atoms. The lowest BCUT2D eigenvalue weighted by molar-refractivity contribution is -0.123. The lowest BCUT2D eigenvalue weighted by atomic mass is 10.1. The van der Waals surface area contributed by atoms with Gasteiger partial charge in [-0.15, -0.1) is 5.10 Å². The zero-order chi connectivity index (χ0) is 20.1. The first-order valence-electron chi connectivity index (χ1n) is 8.32. The minimum atomic E-state index is -0.603. The van der Waals surface area contributed by atoms with Gasteiger partial charge in [0, 0.05) is 22.2 Å². The molecule has 6 nitrogen and oxygen atoms in total. The molecule has 28 heavy (non-hydrogen) atoms. The summed E-state index contributed by atoms with van der Waals surface area (Å²) in [5.41, 5.74) is 2.13. The Hall–Kier alpha value is -2.35. The fourth-order valence-corrected chi connectivity index (χ4v) is 3.55. The lowest BCUT2D eigenvalue weighted by Gasteiger charge is -2.21. The summed E-state index contributed by atoms with van der Waals surface area (Å²) in [5, 5.41) is 14.5. The van der Waals surface area contributed by atoms with E-state index in [0.29, 0.717) is 21.4 Å². The van der Waals surface area contributed by atoms with Crippen molar-refractivity contribution in [3.63, 3.8) is 0 Å². The van der Waals surface area contributed by atoms with Gasteiger partial charge in [-0.05, 0) is 48.9 Å². The number of amidine groups is 1. The minimum Gasteiger partial charge on any atom is -0.325 e. The third-order valence-electron chi connectivity index (χ3n) is 3.83. The normalized spacial score (nSPS) is 18.7. The highest BCUT2D eigenvalue weighted by atomic mass is 35.5. The molecule has 0 aromatic heterocycles. The Bertz CT molecular complexity index is 943. The van der Waals surface area contributed by atoms with E-state index in [4.69, 9.17) is 23.2 Å². The first kappa shape index (κ1) is 20.4. The number of hydrogen-bond donors (Lipinski definition) is 2.